The lowest BCUT2D eigenvalue weighted by molar-refractivity contribution is 0.176. The van der Waals surface area contributed by atoms with E-state index < -0.39 is 0 Å². The summed E-state index contributed by atoms with van der Waals surface area (Å²) in [6, 6.07) is 5.79. The van der Waals surface area contributed by atoms with Gasteiger partial charge < -0.3 is 10.1 Å². The van der Waals surface area contributed by atoms with Gasteiger partial charge in [-0.15, -0.1) is 0 Å². The topological polar surface area (TPSA) is 21.3 Å². The summed E-state index contributed by atoms with van der Waals surface area (Å²) in [4.78, 5) is 0. The van der Waals surface area contributed by atoms with E-state index >= 15 is 0 Å². The van der Waals surface area contributed by atoms with Crippen molar-refractivity contribution in [2.24, 2.45) is 5.41 Å². The number of aryl methyl sites for hydroxylation is 1. The van der Waals surface area contributed by atoms with Crippen molar-refractivity contribution in [3.63, 3.8) is 0 Å². The van der Waals surface area contributed by atoms with Crippen molar-refractivity contribution in [1.29, 1.82) is 0 Å². The molecule has 0 spiro atoms. The lowest BCUT2D eigenvalue weighted by Gasteiger charge is -2.25. The first-order valence-electron chi connectivity index (χ1n) is 6.54. The molecule has 0 unspecified atom stereocenters. The minimum absolute atomic E-state index is 0.128. The van der Waals surface area contributed by atoms with Gasteiger partial charge in [0.1, 0.15) is 5.75 Å². The molecule has 0 saturated heterocycles. The second-order valence-electron chi connectivity index (χ2n) is 5.54. The molecule has 102 valence electrons. The predicted molar refractivity (Wildman–Crippen MR) is 78.6 cm³/mol. The molecule has 2 nitrogen and oxygen atoms in total. The minimum atomic E-state index is 0.128. The van der Waals surface area contributed by atoms with Gasteiger partial charge in [0.2, 0.25) is 0 Å². The first-order valence-corrected chi connectivity index (χ1v) is 6.92. The third-order valence-corrected chi connectivity index (χ3v) is 3.21. The molecule has 0 aliphatic heterocycles. The number of nitrogens with one attached hydrogen (secondary N) is 1. The number of rotatable bonds is 7. The van der Waals surface area contributed by atoms with Crippen molar-refractivity contribution in [2.75, 3.05) is 19.7 Å². The number of halogens is 1. The first kappa shape index (κ1) is 15.3. The first-order chi connectivity index (χ1) is 8.44. The van der Waals surface area contributed by atoms with Gasteiger partial charge in [-0.3, -0.25) is 0 Å². The maximum absolute atomic E-state index is 5.99. The molecule has 18 heavy (non-hydrogen) atoms. The molecule has 1 aromatic rings. The van der Waals surface area contributed by atoms with Crippen LogP contribution in [0.5, 0.6) is 5.75 Å². The molecule has 1 N–H and O–H groups in total. The Labute approximate surface area is 116 Å². The van der Waals surface area contributed by atoms with Gasteiger partial charge in [0.15, 0.2) is 0 Å². The lowest BCUT2D eigenvalue weighted by Crippen LogP contribution is -2.34. The zero-order chi connectivity index (χ0) is 13.6. The zero-order valence-electron chi connectivity index (χ0n) is 11.8. The smallest absolute Gasteiger partial charge is 0.119 e. The van der Waals surface area contributed by atoms with Crippen molar-refractivity contribution >= 4 is 11.6 Å². The van der Waals surface area contributed by atoms with E-state index in [9.17, 15) is 0 Å². The molecule has 0 radical (unpaired) electrons. The largest absolute Gasteiger partial charge is 0.493 e. The van der Waals surface area contributed by atoms with Crippen molar-refractivity contribution in [3.8, 4) is 5.75 Å². The van der Waals surface area contributed by atoms with E-state index in [-0.39, 0.29) is 5.41 Å². The van der Waals surface area contributed by atoms with Gasteiger partial charge >= 0.3 is 0 Å². The third kappa shape index (κ3) is 5.28. The van der Waals surface area contributed by atoms with Gasteiger partial charge in [-0.2, -0.15) is 0 Å². The van der Waals surface area contributed by atoms with Crippen LogP contribution in [-0.4, -0.2) is 19.7 Å². The molecule has 0 fully saturated rings. The Kier molecular flexibility index (Phi) is 5.97. The molecular formula is C15H24ClNO. The van der Waals surface area contributed by atoms with Gasteiger partial charge in [0.05, 0.1) is 6.61 Å². The molecule has 0 atom stereocenters. The fourth-order valence-corrected chi connectivity index (χ4v) is 1.76. The fourth-order valence-electron chi connectivity index (χ4n) is 1.64. The highest BCUT2D eigenvalue weighted by molar-refractivity contribution is 6.31. The maximum atomic E-state index is 5.99. The van der Waals surface area contributed by atoms with Crippen LogP contribution in [0, 0.1) is 12.3 Å². The van der Waals surface area contributed by atoms with E-state index in [1.165, 1.54) is 0 Å². The van der Waals surface area contributed by atoms with E-state index in [1.54, 1.807) is 0 Å². The average molecular weight is 270 g/mol. The van der Waals surface area contributed by atoms with Gasteiger partial charge in [-0.05, 0) is 43.7 Å². The van der Waals surface area contributed by atoms with Crippen LogP contribution in [0.3, 0.4) is 0 Å². The highest BCUT2D eigenvalue weighted by atomic mass is 35.5. The maximum Gasteiger partial charge on any atom is 0.119 e. The SMILES string of the molecule is CCCNCC(C)(C)COc1ccc(Cl)c(C)c1. The van der Waals surface area contributed by atoms with E-state index in [1.807, 2.05) is 25.1 Å². The summed E-state index contributed by atoms with van der Waals surface area (Å²) < 4.78 is 5.84. The van der Waals surface area contributed by atoms with Crippen LogP contribution in [0.25, 0.3) is 0 Å². The summed E-state index contributed by atoms with van der Waals surface area (Å²) in [5.74, 6) is 0.889. The summed E-state index contributed by atoms with van der Waals surface area (Å²) in [5.41, 5.74) is 1.18. The number of hydrogen-bond donors (Lipinski definition) is 1. The summed E-state index contributed by atoms with van der Waals surface area (Å²) in [7, 11) is 0. The summed E-state index contributed by atoms with van der Waals surface area (Å²) in [6.07, 6.45) is 1.16. The van der Waals surface area contributed by atoms with Gasteiger partial charge in [-0.25, -0.2) is 0 Å². The van der Waals surface area contributed by atoms with Gasteiger partial charge in [-0.1, -0.05) is 32.4 Å². The van der Waals surface area contributed by atoms with Crippen molar-refractivity contribution in [1.82, 2.24) is 5.32 Å². The molecule has 0 aliphatic carbocycles. The van der Waals surface area contributed by atoms with Crippen LogP contribution in [0.15, 0.2) is 18.2 Å². The van der Waals surface area contributed by atoms with Crippen molar-refractivity contribution in [3.05, 3.63) is 28.8 Å². The second-order valence-corrected chi connectivity index (χ2v) is 5.95. The molecule has 0 bridgehead atoms. The molecule has 0 heterocycles. The number of ether oxygens (including phenoxy) is 1. The Morgan fingerprint density at radius 1 is 1.33 bits per heavy atom. The van der Waals surface area contributed by atoms with Crippen LogP contribution in [-0.2, 0) is 0 Å². The Morgan fingerprint density at radius 3 is 2.67 bits per heavy atom. The van der Waals surface area contributed by atoms with Crippen LogP contribution in [0.4, 0.5) is 0 Å². The average Bonchev–Trinajstić information content (AvgIpc) is 2.31. The Hall–Kier alpha value is -0.730. The normalized spacial score (nSPS) is 11.6. The molecule has 0 saturated carbocycles. The highest BCUT2D eigenvalue weighted by Gasteiger charge is 2.18. The quantitative estimate of drug-likeness (QED) is 0.754. The van der Waals surface area contributed by atoms with Crippen LogP contribution >= 0.6 is 11.6 Å². The second kappa shape index (κ2) is 7.01. The fraction of sp³-hybridized carbons (Fsp3) is 0.600. The number of benzene rings is 1. The molecule has 0 amide bonds. The minimum Gasteiger partial charge on any atom is -0.493 e. The summed E-state index contributed by atoms with van der Waals surface area (Å²) in [5, 5.41) is 4.21. The van der Waals surface area contributed by atoms with Crippen molar-refractivity contribution < 1.29 is 4.74 Å². The van der Waals surface area contributed by atoms with Gasteiger partial charge in [0, 0.05) is 17.0 Å². The third-order valence-electron chi connectivity index (χ3n) is 2.79. The summed E-state index contributed by atoms with van der Waals surface area (Å²) in [6.45, 7) is 11.3. The highest BCUT2D eigenvalue weighted by Crippen LogP contribution is 2.23. The summed E-state index contributed by atoms with van der Waals surface area (Å²) >= 11 is 5.99. The molecule has 0 aliphatic rings. The number of hydrogen-bond acceptors (Lipinski definition) is 2. The van der Waals surface area contributed by atoms with E-state index in [0.29, 0.717) is 6.61 Å². The Balaban J connectivity index is 2.45. The van der Waals surface area contributed by atoms with E-state index in [4.69, 9.17) is 16.3 Å². The van der Waals surface area contributed by atoms with Crippen LogP contribution in [0.1, 0.15) is 32.8 Å². The molecule has 3 heteroatoms. The Bertz CT molecular complexity index is 377. The standard InChI is InChI=1S/C15H24ClNO/c1-5-8-17-10-15(3,4)11-18-13-6-7-14(16)12(2)9-13/h6-7,9,17H,5,8,10-11H2,1-4H3. The molecular weight excluding hydrogens is 246 g/mol. The van der Waals surface area contributed by atoms with Crippen molar-refractivity contribution in [2.45, 2.75) is 34.1 Å². The van der Waals surface area contributed by atoms with Gasteiger partial charge in [0.25, 0.3) is 0 Å². The molecule has 0 aromatic heterocycles. The predicted octanol–water partition coefficient (Wildman–Crippen LogP) is 4.05. The zero-order valence-corrected chi connectivity index (χ0v) is 12.6. The molecule has 1 rings (SSSR count). The monoisotopic (exact) mass is 269 g/mol. The van der Waals surface area contributed by atoms with E-state index in [0.717, 1.165) is 35.8 Å². The Morgan fingerprint density at radius 2 is 2.06 bits per heavy atom. The lowest BCUT2D eigenvalue weighted by atomic mass is 9.95. The molecule has 1 aromatic carbocycles. The van der Waals surface area contributed by atoms with Crippen LogP contribution in [0.2, 0.25) is 5.02 Å². The van der Waals surface area contributed by atoms with Crippen LogP contribution < -0.4 is 10.1 Å². The van der Waals surface area contributed by atoms with E-state index in [2.05, 4.69) is 26.1 Å².